The highest BCUT2D eigenvalue weighted by atomic mass is 32.2. The Balaban J connectivity index is 1.65. The second-order valence-electron chi connectivity index (χ2n) is 9.26. The summed E-state index contributed by atoms with van der Waals surface area (Å²) in [4.78, 5) is 52.2. The maximum Gasteiger partial charge on any atom is 0.338 e. The molecule has 0 amide bonds. The lowest BCUT2D eigenvalue weighted by Gasteiger charge is -2.25. The first-order valence-electron chi connectivity index (χ1n) is 13.5. The molecule has 1 aliphatic heterocycles. The standard InChI is InChI=1S/C30H27N5O7S2/c1-5-41-22-16-19(9-10-21(22)40-4)26-25(28(37)42-6-2)17(3)33-30-34(26)27(36)24(44-30)15-18-8-11-23(20(14-18)35(38)39)43-29-31-12-7-13-32-29/h7-16,26H,5-6H2,1-4H3/b24-15+/t26-/m0/s1. The van der Waals surface area contributed by atoms with Crippen LogP contribution in [0.3, 0.4) is 0 Å². The van der Waals surface area contributed by atoms with Gasteiger partial charge >= 0.3 is 5.97 Å². The minimum atomic E-state index is -0.864. The second-order valence-corrected chi connectivity index (χ2v) is 11.3. The van der Waals surface area contributed by atoms with E-state index in [4.69, 9.17) is 14.2 Å². The first kappa shape index (κ1) is 30.6. The van der Waals surface area contributed by atoms with Gasteiger partial charge in [-0.25, -0.2) is 19.8 Å². The molecule has 14 heteroatoms. The first-order chi connectivity index (χ1) is 21.2. The molecule has 2 aromatic carbocycles. The van der Waals surface area contributed by atoms with Gasteiger partial charge in [0, 0.05) is 18.5 Å². The Kier molecular flexibility index (Phi) is 9.20. The van der Waals surface area contributed by atoms with Gasteiger partial charge in [0.25, 0.3) is 11.2 Å². The summed E-state index contributed by atoms with van der Waals surface area (Å²) in [5, 5.41) is 12.3. The van der Waals surface area contributed by atoms with Crippen LogP contribution in [-0.2, 0) is 9.53 Å². The van der Waals surface area contributed by atoms with E-state index in [1.807, 2.05) is 6.92 Å². The number of esters is 1. The molecule has 2 aromatic heterocycles. The van der Waals surface area contributed by atoms with E-state index in [1.165, 1.54) is 17.7 Å². The number of nitrogens with zero attached hydrogens (tertiary/aromatic N) is 5. The van der Waals surface area contributed by atoms with Gasteiger partial charge in [0.1, 0.15) is 0 Å². The van der Waals surface area contributed by atoms with Crippen LogP contribution in [0.5, 0.6) is 11.5 Å². The van der Waals surface area contributed by atoms with E-state index in [0.29, 0.717) is 49.8 Å². The number of fused-ring (bicyclic) bond motifs is 1. The maximum absolute atomic E-state index is 14.0. The lowest BCUT2D eigenvalue weighted by Crippen LogP contribution is -2.40. The van der Waals surface area contributed by atoms with Crippen molar-refractivity contribution in [1.82, 2.24) is 14.5 Å². The lowest BCUT2D eigenvalue weighted by atomic mass is 9.95. The minimum Gasteiger partial charge on any atom is -0.493 e. The molecule has 1 atom stereocenters. The highest BCUT2D eigenvalue weighted by Crippen LogP contribution is 2.37. The van der Waals surface area contributed by atoms with Crippen LogP contribution in [0.4, 0.5) is 5.69 Å². The summed E-state index contributed by atoms with van der Waals surface area (Å²) < 4.78 is 18.3. The number of benzene rings is 2. The van der Waals surface area contributed by atoms with Crippen molar-refractivity contribution in [3.63, 3.8) is 0 Å². The van der Waals surface area contributed by atoms with E-state index in [1.54, 1.807) is 68.7 Å². The molecular formula is C30H27N5O7S2. The fourth-order valence-corrected chi connectivity index (χ4v) is 6.52. The van der Waals surface area contributed by atoms with Gasteiger partial charge in [0.15, 0.2) is 21.5 Å². The summed E-state index contributed by atoms with van der Waals surface area (Å²) in [6, 6.07) is 10.7. The van der Waals surface area contributed by atoms with E-state index in [-0.39, 0.29) is 22.4 Å². The molecule has 0 fully saturated rings. The van der Waals surface area contributed by atoms with Gasteiger partial charge in [-0.15, -0.1) is 0 Å². The molecule has 226 valence electrons. The topological polar surface area (TPSA) is 148 Å². The van der Waals surface area contributed by atoms with Crippen molar-refractivity contribution in [3.8, 4) is 11.5 Å². The van der Waals surface area contributed by atoms with Crippen LogP contribution in [0.2, 0.25) is 0 Å². The highest BCUT2D eigenvalue weighted by Gasteiger charge is 2.34. The average Bonchev–Trinajstić information content (AvgIpc) is 3.31. The molecule has 44 heavy (non-hydrogen) atoms. The summed E-state index contributed by atoms with van der Waals surface area (Å²) >= 11 is 2.19. The Hall–Kier alpha value is -4.82. The predicted octanol–water partition coefficient (Wildman–Crippen LogP) is 4.06. The Morgan fingerprint density at radius 2 is 1.91 bits per heavy atom. The molecule has 3 heterocycles. The number of ether oxygens (including phenoxy) is 3. The third kappa shape index (κ3) is 6.12. The van der Waals surface area contributed by atoms with E-state index in [2.05, 4.69) is 15.0 Å². The van der Waals surface area contributed by atoms with Crippen molar-refractivity contribution in [2.45, 2.75) is 36.9 Å². The van der Waals surface area contributed by atoms with Crippen molar-refractivity contribution in [2.24, 2.45) is 4.99 Å². The van der Waals surface area contributed by atoms with E-state index < -0.39 is 22.5 Å². The molecule has 0 saturated carbocycles. The average molecular weight is 634 g/mol. The number of thiazole rings is 1. The van der Waals surface area contributed by atoms with Gasteiger partial charge in [0.2, 0.25) is 0 Å². The number of nitro benzene ring substituents is 1. The third-order valence-corrected chi connectivity index (χ3v) is 8.48. The Morgan fingerprint density at radius 3 is 2.59 bits per heavy atom. The van der Waals surface area contributed by atoms with Crippen LogP contribution in [0.25, 0.3) is 6.08 Å². The van der Waals surface area contributed by atoms with Crippen molar-refractivity contribution in [3.05, 3.63) is 107 Å². The summed E-state index contributed by atoms with van der Waals surface area (Å²) in [6.07, 6.45) is 4.69. The molecule has 0 radical (unpaired) electrons. The zero-order valence-electron chi connectivity index (χ0n) is 24.2. The molecule has 0 saturated heterocycles. The van der Waals surface area contributed by atoms with Gasteiger partial charge in [-0.1, -0.05) is 23.5 Å². The number of carbonyl (C=O) groups is 1. The zero-order valence-corrected chi connectivity index (χ0v) is 25.8. The normalized spacial score (nSPS) is 14.5. The van der Waals surface area contributed by atoms with Gasteiger partial charge in [-0.2, -0.15) is 0 Å². The molecule has 12 nitrogen and oxygen atoms in total. The summed E-state index contributed by atoms with van der Waals surface area (Å²) in [6.45, 7) is 5.76. The molecular weight excluding hydrogens is 606 g/mol. The van der Waals surface area contributed by atoms with Crippen LogP contribution in [0.1, 0.15) is 37.9 Å². The van der Waals surface area contributed by atoms with Crippen molar-refractivity contribution in [1.29, 1.82) is 0 Å². The smallest absolute Gasteiger partial charge is 0.338 e. The van der Waals surface area contributed by atoms with Gasteiger partial charge in [-0.05, 0) is 74.0 Å². The minimum absolute atomic E-state index is 0.142. The largest absolute Gasteiger partial charge is 0.493 e. The van der Waals surface area contributed by atoms with E-state index in [0.717, 1.165) is 23.1 Å². The van der Waals surface area contributed by atoms with E-state index >= 15 is 0 Å². The van der Waals surface area contributed by atoms with Crippen LogP contribution >= 0.6 is 23.1 Å². The number of hydrogen-bond donors (Lipinski definition) is 0. The number of methoxy groups -OCH3 is 1. The van der Waals surface area contributed by atoms with Crippen LogP contribution in [0.15, 0.2) is 86.0 Å². The predicted molar refractivity (Wildman–Crippen MR) is 164 cm³/mol. The number of nitro groups is 1. The SMILES string of the molecule is CCOC(=O)C1=C(C)N=c2s/c(=C/c3ccc(Sc4ncccn4)c([N+](=O)[O-])c3)c(=O)n2[C@H]1c1ccc(OC)c(OCC)c1. The molecule has 0 spiro atoms. The van der Waals surface area contributed by atoms with E-state index in [9.17, 15) is 19.7 Å². The molecule has 1 aliphatic rings. The highest BCUT2D eigenvalue weighted by molar-refractivity contribution is 7.99. The van der Waals surface area contributed by atoms with Gasteiger partial charge in [0.05, 0.1) is 52.0 Å². The Labute approximate surface area is 259 Å². The van der Waals surface area contributed by atoms with Gasteiger partial charge in [-0.3, -0.25) is 19.5 Å². The second kappa shape index (κ2) is 13.2. The van der Waals surface area contributed by atoms with Crippen LogP contribution < -0.4 is 24.4 Å². The molecule has 0 N–H and O–H groups in total. The summed E-state index contributed by atoms with van der Waals surface area (Å²) in [5.74, 6) is 0.370. The van der Waals surface area contributed by atoms with Crippen molar-refractivity contribution < 1.29 is 23.9 Å². The quantitative estimate of drug-likeness (QED) is 0.108. The molecule has 0 bridgehead atoms. The fraction of sp³-hybridized carbons (Fsp3) is 0.233. The Bertz CT molecular complexity index is 1950. The maximum atomic E-state index is 14.0. The van der Waals surface area contributed by atoms with Crippen LogP contribution in [-0.4, -0.2) is 45.8 Å². The number of allylic oxidation sites excluding steroid dienone is 1. The van der Waals surface area contributed by atoms with Crippen molar-refractivity contribution >= 4 is 40.8 Å². The summed E-state index contributed by atoms with van der Waals surface area (Å²) in [7, 11) is 1.53. The molecule has 0 unspecified atom stereocenters. The number of hydrogen-bond acceptors (Lipinski definition) is 12. The first-order valence-corrected chi connectivity index (χ1v) is 15.1. The Morgan fingerprint density at radius 1 is 1.14 bits per heavy atom. The number of rotatable bonds is 10. The zero-order chi connectivity index (χ0) is 31.4. The molecule has 4 aromatic rings. The van der Waals surface area contributed by atoms with Crippen molar-refractivity contribution in [2.75, 3.05) is 20.3 Å². The summed E-state index contributed by atoms with van der Waals surface area (Å²) in [5.41, 5.74) is 1.11. The lowest BCUT2D eigenvalue weighted by molar-refractivity contribution is -0.387. The fourth-order valence-electron chi connectivity index (χ4n) is 4.68. The number of carbonyl (C=O) groups excluding carboxylic acids is 1. The number of aromatic nitrogens is 3. The molecule has 5 rings (SSSR count). The monoisotopic (exact) mass is 633 g/mol. The van der Waals surface area contributed by atoms with Crippen LogP contribution in [0, 0.1) is 10.1 Å². The van der Waals surface area contributed by atoms with Gasteiger partial charge < -0.3 is 14.2 Å². The molecule has 0 aliphatic carbocycles. The third-order valence-electron chi connectivity index (χ3n) is 6.54.